The predicted molar refractivity (Wildman–Crippen MR) is 79.1 cm³/mol. The van der Waals surface area contributed by atoms with Gasteiger partial charge in [0.2, 0.25) is 0 Å². The summed E-state index contributed by atoms with van der Waals surface area (Å²) >= 11 is 6.40. The van der Waals surface area contributed by atoms with Gasteiger partial charge in [0, 0.05) is 13.1 Å². The summed E-state index contributed by atoms with van der Waals surface area (Å²) in [5, 5.41) is 3.70. The third-order valence-corrected chi connectivity index (χ3v) is 4.07. The number of hydrogen-bond donors (Lipinski definition) is 0. The lowest BCUT2D eigenvalue weighted by Gasteiger charge is -2.16. The third kappa shape index (κ3) is 2.96. The molecule has 0 saturated carbocycles. The fourth-order valence-electron chi connectivity index (χ4n) is 2.49. The Hall–Kier alpha value is -1.55. The highest BCUT2D eigenvalue weighted by atomic mass is 35.5. The van der Waals surface area contributed by atoms with E-state index in [0.29, 0.717) is 11.8 Å². The van der Waals surface area contributed by atoms with Gasteiger partial charge in [0.05, 0.1) is 0 Å². The van der Waals surface area contributed by atoms with E-state index in [4.69, 9.17) is 16.1 Å². The van der Waals surface area contributed by atoms with E-state index in [-0.39, 0.29) is 5.38 Å². The zero-order valence-electron chi connectivity index (χ0n) is 11.3. The predicted octanol–water partition coefficient (Wildman–Crippen LogP) is 3.78. The summed E-state index contributed by atoms with van der Waals surface area (Å²) in [6.45, 7) is 1.99. The van der Waals surface area contributed by atoms with Gasteiger partial charge in [-0.05, 0) is 23.6 Å². The van der Waals surface area contributed by atoms with E-state index in [1.54, 1.807) is 0 Å². The van der Waals surface area contributed by atoms with E-state index in [9.17, 15) is 0 Å². The molecule has 2 aromatic rings. The number of aromatic nitrogens is 2. The van der Waals surface area contributed by atoms with E-state index in [0.717, 1.165) is 18.7 Å². The molecule has 1 saturated heterocycles. The van der Waals surface area contributed by atoms with Crippen LogP contribution in [0.25, 0.3) is 0 Å². The van der Waals surface area contributed by atoms with Gasteiger partial charge in [0.1, 0.15) is 5.38 Å². The van der Waals surface area contributed by atoms with Crippen LogP contribution in [0.1, 0.15) is 42.5 Å². The summed E-state index contributed by atoms with van der Waals surface area (Å²) in [6.07, 6.45) is 4.94. The number of halogens is 1. The Balaban J connectivity index is 1.76. The van der Waals surface area contributed by atoms with Gasteiger partial charge in [-0.1, -0.05) is 43.2 Å². The first-order valence-corrected chi connectivity index (χ1v) is 7.56. The Morgan fingerprint density at radius 1 is 1.05 bits per heavy atom. The number of alkyl halides is 1. The molecule has 1 fully saturated rings. The van der Waals surface area contributed by atoms with Crippen LogP contribution in [0.15, 0.2) is 34.9 Å². The third-order valence-electron chi connectivity index (χ3n) is 3.63. The van der Waals surface area contributed by atoms with Crippen LogP contribution in [0.5, 0.6) is 0 Å². The van der Waals surface area contributed by atoms with Gasteiger partial charge in [0.25, 0.3) is 11.8 Å². The van der Waals surface area contributed by atoms with E-state index in [2.05, 4.69) is 15.0 Å². The van der Waals surface area contributed by atoms with Crippen molar-refractivity contribution in [3.8, 4) is 0 Å². The molecule has 106 valence electrons. The molecular weight excluding hydrogens is 274 g/mol. The summed E-state index contributed by atoms with van der Waals surface area (Å²) in [7, 11) is 0. The fraction of sp³-hybridized carbons (Fsp3) is 0.467. The molecule has 0 radical (unpaired) electrons. The average Bonchev–Trinajstić information content (AvgIpc) is 2.83. The van der Waals surface area contributed by atoms with Crippen LogP contribution in [-0.4, -0.2) is 23.2 Å². The summed E-state index contributed by atoms with van der Waals surface area (Å²) in [4.78, 5) is 6.66. The first kappa shape index (κ1) is 13.4. The summed E-state index contributed by atoms with van der Waals surface area (Å²) in [6, 6.07) is 9.80. The fourth-order valence-corrected chi connectivity index (χ4v) is 2.73. The Labute approximate surface area is 123 Å². The van der Waals surface area contributed by atoms with E-state index in [1.807, 2.05) is 30.3 Å². The Morgan fingerprint density at radius 3 is 2.45 bits per heavy atom. The van der Waals surface area contributed by atoms with Crippen molar-refractivity contribution in [1.82, 2.24) is 10.1 Å². The molecule has 0 amide bonds. The molecule has 0 spiro atoms. The second kappa shape index (κ2) is 6.27. The highest BCUT2D eigenvalue weighted by Crippen LogP contribution is 2.28. The topological polar surface area (TPSA) is 42.2 Å². The molecule has 0 bridgehead atoms. The number of anilines is 1. The monoisotopic (exact) mass is 291 g/mol. The Kier molecular flexibility index (Phi) is 4.21. The van der Waals surface area contributed by atoms with Gasteiger partial charge >= 0.3 is 0 Å². The molecule has 4 nitrogen and oxygen atoms in total. The van der Waals surface area contributed by atoms with Gasteiger partial charge in [-0.15, -0.1) is 11.6 Å². The second-order valence-corrected chi connectivity index (χ2v) is 5.54. The summed E-state index contributed by atoms with van der Waals surface area (Å²) in [5.74, 6) is 1.14. The Morgan fingerprint density at radius 2 is 1.75 bits per heavy atom. The minimum atomic E-state index is -0.385. The molecule has 1 aliphatic heterocycles. The quantitative estimate of drug-likeness (QED) is 0.807. The number of rotatable bonds is 3. The smallest absolute Gasteiger partial charge is 0.266 e. The second-order valence-electron chi connectivity index (χ2n) is 5.11. The lowest BCUT2D eigenvalue weighted by molar-refractivity contribution is 0.381. The number of hydrogen-bond acceptors (Lipinski definition) is 4. The van der Waals surface area contributed by atoms with E-state index < -0.39 is 0 Å². The molecule has 1 aromatic heterocycles. The van der Waals surface area contributed by atoms with Crippen molar-refractivity contribution in [2.75, 3.05) is 18.0 Å². The van der Waals surface area contributed by atoms with Crippen LogP contribution in [0.3, 0.4) is 0 Å². The van der Waals surface area contributed by atoms with Crippen LogP contribution in [0, 0.1) is 0 Å². The highest BCUT2D eigenvalue weighted by molar-refractivity contribution is 6.22. The Bertz CT molecular complexity index is 535. The van der Waals surface area contributed by atoms with Crippen molar-refractivity contribution in [1.29, 1.82) is 0 Å². The highest BCUT2D eigenvalue weighted by Gasteiger charge is 2.21. The van der Waals surface area contributed by atoms with Gasteiger partial charge in [-0.3, -0.25) is 0 Å². The lowest BCUT2D eigenvalue weighted by atomic mass is 10.1. The van der Waals surface area contributed by atoms with Crippen LogP contribution in [0.4, 0.5) is 5.95 Å². The molecule has 3 rings (SSSR count). The maximum absolute atomic E-state index is 6.40. The van der Waals surface area contributed by atoms with Crippen molar-refractivity contribution >= 4 is 17.5 Å². The van der Waals surface area contributed by atoms with Crippen LogP contribution in [0.2, 0.25) is 0 Å². The van der Waals surface area contributed by atoms with Crippen LogP contribution < -0.4 is 4.90 Å². The number of nitrogens with zero attached hydrogens (tertiary/aromatic N) is 3. The first-order chi connectivity index (χ1) is 9.84. The average molecular weight is 292 g/mol. The molecule has 1 atom stereocenters. The lowest BCUT2D eigenvalue weighted by Crippen LogP contribution is -2.25. The summed E-state index contributed by atoms with van der Waals surface area (Å²) < 4.78 is 5.34. The van der Waals surface area contributed by atoms with Crippen molar-refractivity contribution in [2.45, 2.75) is 31.1 Å². The maximum Gasteiger partial charge on any atom is 0.266 e. The SMILES string of the molecule is ClC(c1ccccc1)c1nc(N2CCCCCC2)no1. The standard InChI is InChI=1S/C15H18ClN3O/c16-13(12-8-4-3-5-9-12)14-17-15(18-20-14)19-10-6-1-2-7-11-19/h3-5,8-9,13H,1-2,6-7,10-11H2. The van der Waals surface area contributed by atoms with Crippen LogP contribution >= 0.6 is 11.6 Å². The van der Waals surface area contributed by atoms with Gasteiger partial charge < -0.3 is 9.42 Å². The van der Waals surface area contributed by atoms with Gasteiger partial charge in [0.15, 0.2) is 0 Å². The maximum atomic E-state index is 6.40. The molecule has 0 aliphatic carbocycles. The van der Waals surface area contributed by atoms with E-state index in [1.165, 1.54) is 25.7 Å². The van der Waals surface area contributed by atoms with E-state index >= 15 is 0 Å². The minimum Gasteiger partial charge on any atom is -0.338 e. The number of benzene rings is 1. The normalized spacial score (nSPS) is 17.8. The van der Waals surface area contributed by atoms with Crippen molar-refractivity contribution in [2.24, 2.45) is 0 Å². The van der Waals surface area contributed by atoms with Gasteiger partial charge in [-0.25, -0.2) is 0 Å². The molecule has 1 aliphatic rings. The molecule has 1 aromatic carbocycles. The first-order valence-electron chi connectivity index (χ1n) is 7.12. The molecule has 2 heterocycles. The minimum absolute atomic E-state index is 0.385. The molecule has 5 heteroatoms. The zero-order valence-corrected chi connectivity index (χ0v) is 12.1. The molecule has 0 N–H and O–H groups in total. The van der Waals surface area contributed by atoms with Gasteiger partial charge in [-0.2, -0.15) is 4.98 Å². The summed E-state index contributed by atoms with van der Waals surface area (Å²) in [5.41, 5.74) is 0.972. The molecule has 1 unspecified atom stereocenters. The van der Waals surface area contributed by atoms with Crippen molar-refractivity contribution in [3.05, 3.63) is 41.8 Å². The molecular formula is C15H18ClN3O. The largest absolute Gasteiger partial charge is 0.338 e. The van der Waals surface area contributed by atoms with Crippen molar-refractivity contribution < 1.29 is 4.52 Å². The van der Waals surface area contributed by atoms with Crippen molar-refractivity contribution in [3.63, 3.8) is 0 Å². The molecule has 20 heavy (non-hydrogen) atoms. The van der Waals surface area contributed by atoms with Crippen LogP contribution in [-0.2, 0) is 0 Å². The zero-order chi connectivity index (χ0) is 13.8.